The van der Waals surface area contributed by atoms with Gasteiger partial charge < -0.3 is 15.2 Å². The van der Waals surface area contributed by atoms with E-state index in [4.69, 9.17) is 0 Å². The van der Waals surface area contributed by atoms with Crippen LogP contribution in [0, 0.1) is 0 Å². The van der Waals surface area contributed by atoms with Crippen LogP contribution in [0.4, 0.5) is 5.69 Å². The number of carbonyl (C=O) groups is 1. The summed E-state index contributed by atoms with van der Waals surface area (Å²) in [6, 6.07) is 10.5. The lowest BCUT2D eigenvalue weighted by molar-refractivity contribution is 0.102. The number of anilines is 1. The van der Waals surface area contributed by atoms with Gasteiger partial charge in [0.15, 0.2) is 0 Å². The largest absolute Gasteiger partial charge is 0.322 e. The van der Waals surface area contributed by atoms with E-state index in [2.05, 4.69) is 10.6 Å². The molecule has 1 heterocycles. The van der Waals surface area contributed by atoms with E-state index in [9.17, 15) is 9.59 Å². The number of rotatable bonds is 4. The molecule has 5 heteroatoms. The zero-order valence-corrected chi connectivity index (χ0v) is 11.5. The number of nitrogens with zero attached hydrogens (tertiary/aromatic N) is 1. The highest BCUT2D eigenvalue weighted by molar-refractivity contribution is 6.04. The number of hydrogen-bond acceptors (Lipinski definition) is 3. The van der Waals surface area contributed by atoms with Gasteiger partial charge in [-0.05, 0) is 30.8 Å². The lowest BCUT2D eigenvalue weighted by Gasteiger charge is -2.07. The second-order valence-corrected chi connectivity index (χ2v) is 4.55. The van der Waals surface area contributed by atoms with Gasteiger partial charge in [0.2, 0.25) is 0 Å². The van der Waals surface area contributed by atoms with Crippen molar-refractivity contribution in [2.24, 2.45) is 7.05 Å². The van der Waals surface area contributed by atoms with Crippen LogP contribution in [-0.4, -0.2) is 17.5 Å². The van der Waals surface area contributed by atoms with E-state index in [0.29, 0.717) is 11.3 Å². The van der Waals surface area contributed by atoms with Crippen LogP contribution in [0.1, 0.15) is 15.9 Å². The highest BCUT2D eigenvalue weighted by Gasteiger charge is 2.07. The number of nitrogens with one attached hydrogen (secondary N) is 2. The molecule has 0 aliphatic heterocycles. The van der Waals surface area contributed by atoms with Crippen molar-refractivity contribution >= 4 is 11.6 Å². The number of aryl methyl sites for hydroxylation is 1. The number of aromatic nitrogens is 1. The Bertz CT molecular complexity index is 677. The number of carbonyl (C=O) groups excluding carboxylic acids is 1. The molecule has 20 heavy (non-hydrogen) atoms. The average molecular weight is 271 g/mol. The highest BCUT2D eigenvalue weighted by atomic mass is 16.2. The Balaban J connectivity index is 2.16. The van der Waals surface area contributed by atoms with Crippen molar-refractivity contribution in [2.45, 2.75) is 6.54 Å². The summed E-state index contributed by atoms with van der Waals surface area (Å²) in [5, 5.41) is 5.84. The van der Waals surface area contributed by atoms with E-state index in [-0.39, 0.29) is 11.5 Å². The van der Waals surface area contributed by atoms with Gasteiger partial charge in [-0.3, -0.25) is 9.59 Å². The Morgan fingerprint density at radius 1 is 1.25 bits per heavy atom. The molecule has 0 saturated carbocycles. The van der Waals surface area contributed by atoms with Crippen LogP contribution in [0.5, 0.6) is 0 Å². The van der Waals surface area contributed by atoms with Gasteiger partial charge in [0, 0.05) is 37.1 Å². The summed E-state index contributed by atoms with van der Waals surface area (Å²) < 4.78 is 1.42. The maximum Gasteiger partial charge on any atom is 0.255 e. The van der Waals surface area contributed by atoms with Gasteiger partial charge in [-0.2, -0.15) is 0 Å². The van der Waals surface area contributed by atoms with Crippen LogP contribution in [0.15, 0.2) is 47.4 Å². The summed E-state index contributed by atoms with van der Waals surface area (Å²) in [5.74, 6) is -0.288. The minimum absolute atomic E-state index is 0.207. The lowest BCUT2D eigenvalue weighted by Crippen LogP contribution is -2.20. The Kier molecular flexibility index (Phi) is 4.32. The maximum atomic E-state index is 12.1. The molecule has 0 radical (unpaired) electrons. The summed E-state index contributed by atoms with van der Waals surface area (Å²) in [5.41, 5.74) is 1.94. The van der Waals surface area contributed by atoms with Crippen LogP contribution >= 0.6 is 0 Å². The molecule has 0 spiro atoms. The Morgan fingerprint density at radius 2 is 2.05 bits per heavy atom. The first-order valence-corrected chi connectivity index (χ1v) is 6.32. The normalized spacial score (nSPS) is 10.3. The van der Waals surface area contributed by atoms with Gasteiger partial charge in [0.25, 0.3) is 11.5 Å². The molecule has 0 aliphatic carbocycles. The summed E-state index contributed by atoms with van der Waals surface area (Å²) >= 11 is 0. The van der Waals surface area contributed by atoms with Crippen LogP contribution in [0.3, 0.4) is 0 Å². The first-order chi connectivity index (χ1) is 9.60. The highest BCUT2D eigenvalue weighted by Crippen LogP contribution is 2.11. The Labute approximate surface area is 117 Å². The summed E-state index contributed by atoms with van der Waals surface area (Å²) in [7, 11) is 3.51. The fraction of sp³-hybridized carbons (Fsp3) is 0.200. The van der Waals surface area contributed by atoms with Gasteiger partial charge in [0.1, 0.15) is 0 Å². The first-order valence-electron chi connectivity index (χ1n) is 6.32. The maximum absolute atomic E-state index is 12.1. The zero-order chi connectivity index (χ0) is 14.5. The number of amides is 1. The molecule has 1 aromatic carbocycles. The monoisotopic (exact) mass is 271 g/mol. The van der Waals surface area contributed by atoms with Gasteiger partial charge in [-0.1, -0.05) is 12.1 Å². The summed E-state index contributed by atoms with van der Waals surface area (Å²) in [6.45, 7) is 0.732. The van der Waals surface area contributed by atoms with Crippen LogP contribution < -0.4 is 16.2 Å². The van der Waals surface area contributed by atoms with Crippen molar-refractivity contribution in [1.29, 1.82) is 0 Å². The van der Waals surface area contributed by atoms with E-state index < -0.39 is 0 Å². The molecule has 0 aliphatic rings. The van der Waals surface area contributed by atoms with E-state index in [1.165, 1.54) is 10.6 Å². The molecule has 1 aromatic heterocycles. The van der Waals surface area contributed by atoms with Crippen molar-refractivity contribution < 1.29 is 4.79 Å². The van der Waals surface area contributed by atoms with E-state index in [1.54, 1.807) is 19.3 Å². The molecule has 0 bridgehead atoms. The molecule has 2 N–H and O–H groups in total. The van der Waals surface area contributed by atoms with Gasteiger partial charge in [0.05, 0.1) is 0 Å². The SMILES string of the molecule is CNCc1cccc(NC(=O)c2ccn(C)c(=O)c2)c1. The molecule has 0 unspecified atom stereocenters. The third kappa shape index (κ3) is 3.33. The molecule has 0 saturated heterocycles. The molecular weight excluding hydrogens is 254 g/mol. The molecule has 1 amide bonds. The van der Waals surface area contributed by atoms with Crippen molar-refractivity contribution in [3.63, 3.8) is 0 Å². The van der Waals surface area contributed by atoms with Crippen LogP contribution in [0.2, 0.25) is 0 Å². The van der Waals surface area contributed by atoms with Crippen molar-refractivity contribution in [2.75, 3.05) is 12.4 Å². The van der Waals surface area contributed by atoms with Gasteiger partial charge >= 0.3 is 0 Å². The summed E-state index contributed by atoms with van der Waals surface area (Å²) in [4.78, 5) is 23.6. The third-order valence-corrected chi connectivity index (χ3v) is 2.93. The Hall–Kier alpha value is -2.40. The average Bonchev–Trinajstić information content (AvgIpc) is 2.42. The molecule has 0 fully saturated rings. The second kappa shape index (κ2) is 6.16. The molecule has 5 nitrogen and oxygen atoms in total. The summed E-state index contributed by atoms with van der Waals surface area (Å²) in [6.07, 6.45) is 1.58. The van der Waals surface area contributed by atoms with Crippen LogP contribution in [0.25, 0.3) is 0 Å². The fourth-order valence-electron chi connectivity index (χ4n) is 1.86. The molecular formula is C15H17N3O2. The third-order valence-electron chi connectivity index (χ3n) is 2.93. The quantitative estimate of drug-likeness (QED) is 0.882. The minimum atomic E-state index is -0.288. The predicted molar refractivity (Wildman–Crippen MR) is 78.8 cm³/mol. The van der Waals surface area contributed by atoms with Crippen molar-refractivity contribution in [1.82, 2.24) is 9.88 Å². The number of benzene rings is 1. The molecule has 0 atom stereocenters. The molecule has 2 aromatic rings. The smallest absolute Gasteiger partial charge is 0.255 e. The standard InChI is InChI=1S/C15H17N3O2/c1-16-10-11-4-3-5-13(8-11)17-15(20)12-6-7-18(2)14(19)9-12/h3-9,16H,10H2,1-2H3,(H,17,20). The fourth-order valence-corrected chi connectivity index (χ4v) is 1.86. The second-order valence-electron chi connectivity index (χ2n) is 4.55. The first kappa shape index (κ1) is 14.0. The van der Waals surface area contributed by atoms with E-state index >= 15 is 0 Å². The predicted octanol–water partition coefficient (Wildman–Crippen LogP) is 1.36. The topological polar surface area (TPSA) is 63.1 Å². The zero-order valence-electron chi connectivity index (χ0n) is 11.5. The van der Waals surface area contributed by atoms with E-state index in [1.807, 2.05) is 31.3 Å². The Morgan fingerprint density at radius 3 is 2.75 bits per heavy atom. The van der Waals surface area contributed by atoms with Crippen molar-refractivity contribution in [3.8, 4) is 0 Å². The van der Waals surface area contributed by atoms with Crippen LogP contribution in [-0.2, 0) is 13.6 Å². The molecule has 104 valence electrons. The minimum Gasteiger partial charge on any atom is -0.322 e. The molecule has 2 rings (SSSR count). The van der Waals surface area contributed by atoms with Gasteiger partial charge in [-0.15, -0.1) is 0 Å². The lowest BCUT2D eigenvalue weighted by atomic mass is 10.2. The van der Waals surface area contributed by atoms with Gasteiger partial charge in [-0.25, -0.2) is 0 Å². The number of hydrogen-bond donors (Lipinski definition) is 2. The van der Waals surface area contributed by atoms with E-state index in [0.717, 1.165) is 12.1 Å². The number of pyridine rings is 1. The van der Waals surface area contributed by atoms with Crippen molar-refractivity contribution in [3.05, 3.63) is 64.1 Å².